The van der Waals surface area contributed by atoms with Gasteiger partial charge in [0.15, 0.2) is 18.1 Å². The molecule has 184 valence electrons. The summed E-state index contributed by atoms with van der Waals surface area (Å²) in [4.78, 5) is 25.3. The molecule has 2 amide bonds. The molecule has 9 nitrogen and oxygen atoms in total. The monoisotopic (exact) mass is 486 g/mol. The summed E-state index contributed by atoms with van der Waals surface area (Å²) >= 11 is 0. The van der Waals surface area contributed by atoms with E-state index in [0.717, 1.165) is 5.56 Å². The Morgan fingerprint density at radius 2 is 1.58 bits per heavy atom. The van der Waals surface area contributed by atoms with Gasteiger partial charge in [-0.1, -0.05) is 42.5 Å². The van der Waals surface area contributed by atoms with Gasteiger partial charge < -0.3 is 24.8 Å². The van der Waals surface area contributed by atoms with Crippen molar-refractivity contribution in [2.45, 2.75) is 6.54 Å². The van der Waals surface area contributed by atoms with E-state index in [1.807, 2.05) is 36.4 Å². The van der Waals surface area contributed by atoms with Crippen LogP contribution in [0.3, 0.4) is 0 Å². The fraction of sp³-hybridized carbons (Fsp3) is 0.148. The molecular weight excluding hydrogens is 460 g/mol. The molecule has 1 aromatic heterocycles. The molecule has 36 heavy (non-hydrogen) atoms. The number of nitrogens with zero attached hydrogens (tertiary/aromatic N) is 2. The van der Waals surface area contributed by atoms with Gasteiger partial charge in [-0.15, -0.1) is 0 Å². The summed E-state index contributed by atoms with van der Waals surface area (Å²) in [5, 5.41) is 9.92. The normalized spacial score (nSPS) is 10.4. The van der Waals surface area contributed by atoms with Gasteiger partial charge in [0.05, 0.1) is 32.6 Å². The molecule has 4 aromatic rings. The number of ether oxygens (including phenoxy) is 3. The highest BCUT2D eigenvalue weighted by molar-refractivity contribution is 6.04. The number of aromatic nitrogens is 2. The van der Waals surface area contributed by atoms with E-state index in [2.05, 4.69) is 15.7 Å². The first-order valence-corrected chi connectivity index (χ1v) is 11.2. The summed E-state index contributed by atoms with van der Waals surface area (Å²) in [6.07, 6.45) is 1.63. The highest BCUT2D eigenvalue weighted by Crippen LogP contribution is 2.29. The average Bonchev–Trinajstić information content (AvgIpc) is 3.34. The molecule has 0 unspecified atom stereocenters. The third-order valence-corrected chi connectivity index (χ3v) is 5.30. The number of carbonyl (C=O) groups excluding carboxylic acids is 2. The maximum Gasteiger partial charge on any atom is 0.262 e. The van der Waals surface area contributed by atoms with Gasteiger partial charge in [-0.05, 0) is 35.9 Å². The van der Waals surface area contributed by atoms with E-state index < -0.39 is 0 Å². The standard InChI is InChI=1S/C27H26N4O5/c1-34-22-11-7-6-10-21(22)29-26(32)18-36-23-13-12-20(16-24(23)35-2)27(33)30-25-14-15-28-31(25)17-19-8-4-3-5-9-19/h3-16H,17-18H2,1-2H3,(H,29,32)(H,30,33). The van der Waals surface area contributed by atoms with Crippen molar-refractivity contribution < 1.29 is 23.8 Å². The Balaban J connectivity index is 1.39. The largest absolute Gasteiger partial charge is 0.495 e. The number of para-hydroxylation sites is 2. The van der Waals surface area contributed by atoms with Crippen LogP contribution in [-0.2, 0) is 11.3 Å². The Kier molecular flexibility index (Phi) is 7.82. The zero-order chi connectivity index (χ0) is 25.3. The topological polar surface area (TPSA) is 104 Å². The second-order valence-corrected chi connectivity index (χ2v) is 7.72. The quantitative estimate of drug-likeness (QED) is 0.348. The molecule has 0 saturated heterocycles. The van der Waals surface area contributed by atoms with Crippen LogP contribution < -0.4 is 24.8 Å². The summed E-state index contributed by atoms with van der Waals surface area (Å²) in [5.41, 5.74) is 1.97. The number of rotatable bonds is 10. The molecule has 0 saturated carbocycles. The number of amides is 2. The smallest absolute Gasteiger partial charge is 0.262 e. The van der Waals surface area contributed by atoms with Crippen molar-refractivity contribution in [1.29, 1.82) is 0 Å². The van der Waals surface area contributed by atoms with Crippen molar-refractivity contribution in [3.63, 3.8) is 0 Å². The fourth-order valence-corrected chi connectivity index (χ4v) is 3.52. The summed E-state index contributed by atoms with van der Waals surface area (Å²) in [6, 6.07) is 23.4. The summed E-state index contributed by atoms with van der Waals surface area (Å²) in [6.45, 7) is 0.273. The first-order chi connectivity index (χ1) is 17.6. The molecule has 0 aliphatic rings. The van der Waals surface area contributed by atoms with Gasteiger partial charge in [-0.2, -0.15) is 5.10 Å². The summed E-state index contributed by atoms with van der Waals surface area (Å²) in [7, 11) is 2.99. The Bertz CT molecular complexity index is 1340. The molecular formula is C27H26N4O5. The maximum atomic E-state index is 12.9. The molecule has 3 aromatic carbocycles. The zero-order valence-electron chi connectivity index (χ0n) is 19.9. The minimum atomic E-state index is -0.366. The first kappa shape index (κ1) is 24.3. The van der Waals surface area contributed by atoms with Crippen molar-refractivity contribution >= 4 is 23.3 Å². The molecule has 1 heterocycles. The van der Waals surface area contributed by atoms with Crippen LogP contribution in [0.1, 0.15) is 15.9 Å². The predicted octanol–water partition coefficient (Wildman–Crippen LogP) is 4.22. The highest BCUT2D eigenvalue weighted by atomic mass is 16.5. The van der Waals surface area contributed by atoms with E-state index in [4.69, 9.17) is 14.2 Å². The van der Waals surface area contributed by atoms with E-state index in [-0.39, 0.29) is 18.4 Å². The SMILES string of the molecule is COc1ccccc1NC(=O)COc1ccc(C(=O)Nc2ccnn2Cc2ccccc2)cc1OC. The molecule has 0 radical (unpaired) electrons. The van der Waals surface area contributed by atoms with Gasteiger partial charge in [0.2, 0.25) is 0 Å². The van der Waals surface area contributed by atoms with Crippen LogP contribution in [0.2, 0.25) is 0 Å². The molecule has 0 spiro atoms. The zero-order valence-corrected chi connectivity index (χ0v) is 19.9. The number of carbonyl (C=O) groups is 2. The number of benzene rings is 3. The predicted molar refractivity (Wildman–Crippen MR) is 136 cm³/mol. The third kappa shape index (κ3) is 6.01. The second-order valence-electron chi connectivity index (χ2n) is 7.72. The lowest BCUT2D eigenvalue weighted by Crippen LogP contribution is -2.21. The van der Waals surface area contributed by atoms with E-state index in [9.17, 15) is 9.59 Å². The number of methoxy groups -OCH3 is 2. The lowest BCUT2D eigenvalue weighted by molar-refractivity contribution is -0.118. The van der Waals surface area contributed by atoms with E-state index in [0.29, 0.717) is 40.9 Å². The molecule has 9 heteroatoms. The molecule has 0 aliphatic heterocycles. The van der Waals surface area contributed by atoms with Gasteiger partial charge in [-0.25, -0.2) is 4.68 Å². The molecule has 0 atom stereocenters. The summed E-state index contributed by atoms with van der Waals surface area (Å²) < 4.78 is 18.0. The lowest BCUT2D eigenvalue weighted by Gasteiger charge is -2.14. The van der Waals surface area contributed by atoms with Crippen LogP contribution in [0.4, 0.5) is 11.5 Å². The molecule has 0 fully saturated rings. The van der Waals surface area contributed by atoms with Gasteiger partial charge in [0.1, 0.15) is 11.6 Å². The number of anilines is 2. The second kappa shape index (κ2) is 11.6. The van der Waals surface area contributed by atoms with Gasteiger partial charge in [-0.3, -0.25) is 9.59 Å². The number of nitrogens with one attached hydrogen (secondary N) is 2. The first-order valence-electron chi connectivity index (χ1n) is 11.2. The van der Waals surface area contributed by atoms with Gasteiger partial charge >= 0.3 is 0 Å². The average molecular weight is 487 g/mol. The summed E-state index contributed by atoms with van der Waals surface area (Å²) in [5.74, 6) is 1.07. The molecule has 0 bridgehead atoms. The molecule has 0 aliphatic carbocycles. The van der Waals surface area contributed by atoms with Crippen molar-refractivity contribution in [2.75, 3.05) is 31.5 Å². The number of hydrogen-bond acceptors (Lipinski definition) is 6. The highest BCUT2D eigenvalue weighted by Gasteiger charge is 2.15. The van der Waals surface area contributed by atoms with E-state index in [1.54, 1.807) is 53.3 Å². The fourth-order valence-electron chi connectivity index (χ4n) is 3.52. The van der Waals surface area contributed by atoms with Crippen molar-refractivity contribution in [3.05, 3.63) is 96.2 Å². The Labute approximate surface area is 208 Å². The van der Waals surface area contributed by atoms with Crippen LogP contribution in [0.15, 0.2) is 85.1 Å². The maximum absolute atomic E-state index is 12.9. The Morgan fingerprint density at radius 3 is 2.36 bits per heavy atom. The van der Waals surface area contributed by atoms with E-state index >= 15 is 0 Å². The van der Waals surface area contributed by atoms with Crippen LogP contribution in [0.25, 0.3) is 0 Å². The molecule has 4 rings (SSSR count). The minimum Gasteiger partial charge on any atom is -0.495 e. The number of hydrogen-bond donors (Lipinski definition) is 2. The van der Waals surface area contributed by atoms with Crippen LogP contribution >= 0.6 is 0 Å². The minimum absolute atomic E-state index is 0.251. The van der Waals surface area contributed by atoms with Gasteiger partial charge in [0.25, 0.3) is 11.8 Å². The van der Waals surface area contributed by atoms with Crippen LogP contribution in [0.5, 0.6) is 17.2 Å². The molecule has 2 N–H and O–H groups in total. The Hall–Kier alpha value is -4.79. The van der Waals surface area contributed by atoms with Crippen molar-refractivity contribution in [2.24, 2.45) is 0 Å². The van der Waals surface area contributed by atoms with Crippen LogP contribution in [-0.4, -0.2) is 42.4 Å². The van der Waals surface area contributed by atoms with E-state index in [1.165, 1.54) is 14.2 Å². The van der Waals surface area contributed by atoms with Crippen molar-refractivity contribution in [1.82, 2.24) is 9.78 Å². The third-order valence-electron chi connectivity index (χ3n) is 5.30. The van der Waals surface area contributed by atoms with Crippen LogP contribution in [0, 0.1) is 0 Å². The lowest BCUT2D eigenvalue weighted by atomic mass is 10.2. The van der Waals surface area contributed by atoms with Gasteiger partial charge in [0, 0.05) is 11.6 Å². The Morgan fingerprint density at radius 1 is 0.833 bits per heavy atom. The van der Waals surface area contributed by atoms with Crippen molar-refractivity contribution in [3.8, 4) is 17.2 Å².